The maximum absolute atomic E-state index is 13.1. The van der Waals surface area contributed by atoms with Crippen LogP contribution in [0.15, 0.2) is 9.95 Å². The van der Waals surface area contributed by atoms with E-state index in [0.717, 1.165) is 48.7 Å². The van der Waals surface area contributed by atoms with E-state index in [1.54, 1.807) is 15.9 Å². The zero-order valence-corrected chi connectivity index (χ0v) is 16.3. The lowest BCUT2D eigenvalue weighted by Crippen LogP contribution is -2.33. The first-order valence-corrected chi connectivity index (χ1v) is 10.8. The molecule has 7 heteroatoms. The smallest absolute Gasteiger partial charge is 0.263 e. The predicted molar refractivity (Wildman–Crippen MR) is 103 cm³/mol. The summed E-state index contributed by atoms with van der Waals surface area (Å²) >= 11 is 3.06. The first-order chi connectivity index (χ1) is 12.1. The number of carbonyl (C=O) groups is 1. The van der Waals surface area contributed by atoms with E-state index in [2.05, 4.69) is 12.2 Å². The van der Waals surface area contributed by atoms with E-state index in [1.807, 2.05) is 6.92 Å². The topological polar surface area (TPSA) is 64.0 Å². The maximum atomic E-state index is 13.1. The number of amides is 1. The molecule has 0 spiro atoms. The summed E-state index contributed by atoms with van der Waals surface area (Å²) < 4.78 is 1.78. The quantitative estimate of drug-likeness (QED) is 0.621. The van der Waals surface area contributed by atoms with Gasteiger partial charge in [-0.2, -0.15) is 0 Å². The molecule has 2 heterocycles. The highest BCUT2D eigenvalue weighted by Crippen LogP contribution is 2.36. The van der Waals surface area contributed by atoms with Gasteiger partial charge in [-0.05, 0) is 51.0 Å². The normalized spacial score (nSPS) is 17.7. The molecule has 1 N–H and O–H groups in total. The number of hydrogen-bond donors (Lipinski definition) is 1. The summed E-state index contributed by atoms with van der Waals surface area (Å²) in [6.45, 7) is 4.60. The molecule has 4 rings (SSSR count). The van der Waals surface area contributed by atoms with Gasteiger partial charge in [-0.1, -0.05) is 18.7 Å². The average Bonchev–Trinajstić information content (AvgIpc) is 3.15. The van der Waals surface area contributed by atoms with Crippen molar-refractivity contribution in [3.8, 4) is 0 Å². The van der Waals surface area contributed by atoms with Crippen molar-refractivity contribution in [2.24, 2.45) is 0 Å². The van der Waals surface area contributed by atoms with Crippen LogP contribution in [0.5, 0.6) is 0 Å². The number of fused-ring (bicyclic) bond motifs is 3. The summed E-state index contributed by atoms with van der Waals surface area (Å²) in [4.78, 5) is 32.4. The SMILES string of the molecule is CCCn1c(S[C@H](C)C(=O)NC2CC2)nc2sc3c(c2c1=O)CCC3. The monoisotopic (exact) mass is 377 g/mol. The molecule has 25 heavy (non-hydrogen) atoms. The lowest BCUT2D eigenvalue weighted by molar-refractivity contribution is -0.120. The molecule has 134 valence electrons. The fourth-order valence-corrected chi connectivity index (χ4v) is 5.57. The van der Waals surface area contributed by atoms with Gasteiger partial charge in [-0.15, -0.1) is 11.3 Å². The number of nitrogens with zero attached hydrogens (tertiary/aromatic N) is 2. The number of hydrogen-bond acceptors (Lipinski definition) is 5. The molecular weight excluding hydrogens is 354 g/mol. The molecule has 2 aromatic heterocycles. The van der Waals surface area contributed by atoms with Crippen molar-refractivity contribution in [3.05, 3.63) is 20.8 Å². The van der Waals surface area contributed by atoms with Crippen molar-refractivity contribution < 1.29 is 4.79 Å². The van der Waals surface area contributed by atoms with Gasteiger partial charge in [0.05, 0.1) is 10.6 Å². The second-order valence-corrected chi connectivity index (χ2v) is 9.32. The Morgan fingerprint density at radius 3 is 2.96 bits per heavy atom. The molecule has 0 aromatic carbocycles. The highest BCUT2D eigenvalue weighted by molar-refractivity contribution is 8.00. The first kappa shape index (κ1) is 17.1. The molecule has 2 aromatic rings. The van der Waals surface area contributed by atoms with Crippen molar-refractivity contribution in [3.63, 3.8) is 0 Å². The molecule has 1 fully saturated rings. The lowest BCUT2D eigenvalue weighted by Gasteiger charge is -2.15. The van der Waals surface area contributed by atoms with Gasteiger partial charge in [-0.3, -0.25) is 14.2 Å². The summed E-state index contributed by atoms with van der Waals surface area (Å²) in [5.74, 6) is 0.0403. The van der Waals surface area contributed by atoms with Gasteiger partial charge in [0, 0.05) is 17.5 Å². The van der Waals surface area contributed by atoms with Crippen molar-refractivity contribution in [2.75, 3.05) is 0 Å². The zero-order valence-electron chi connectivity index (χ0n) is 14.6. The van der Waals surface area contributed by atoms with Crippen LogP contribution in [-0.4, -0.2) is 26.8 Å². The molecule has 2 aliphatic rings. The molecule has 1 saturated carbocycles. The summed E-state index contributed by atoms with van der Waals surface area (Å²) in [6, 6.07) is 0.351. The van der Waals surface area contributed by atoms with Crippen LogP contribution in [-0.2, 0) is 24.2 Å². The summed E-state index contributed by atoms with van der Waals surface area (Å²) in [5, 5.41) is 4.29. The standard InChI is InChI=1S/C18H23N3O2S2/c1-3-9-21-17(23)14-12-5-4-6-13(12)25-16(14)20-18(21)24-10(2)15(22)19-11-7-8-11/h10-11H,3-9H2,1-2H3,(H,19,22)/t10-/m1/s1. The Labute approximate surface area is 155 Å². The van der Waals surface area contributed by atoms with E-state index in [4.69, 9.17) is 4.98 Å². The third-order valence-corrected chi connectivity index (χ3v) is 7.09. The number of nitrogens with one attached hydrogen (secondary N) is 1. The van der Waals surface area contributed by atoms with Crippen LogP contribution in [0.3, 0.4) is 0 Å². The van der Waals surface area contributed by atoms with Crippen molar-refractivity contribution in [2.45, 2.75) is 75.4 Å². The van der Waals surface area contributed by atoms with Crippen LogP contribution in [0.4, 0.5) is 0 Å². The van der Waals surface area contributed by atoms with E-state index in [1.165, 1.54) is 22.2 Å². The third-order valence-electron chi connectivity index (χ3n) is 4.81. The van der Waals surface area contributed by atoms with Gasteiger partial charge in [0.25, 0.3) is 5.56 Å². The van der Waals surface area contributed by atoms with Gasteiger partial charge in [-0.25, -0.2) is 4.98 Å². The molecule has 5 nitrogen and oxygen atoms in total. The van der Waals surface area contributed by atoms with Gasteiger partial charge in [0.2, 0.25) is 5.91 Å². The zero-order chi connectivity index (χ0) is 17.6. The van der Waals surface area contributed by atoms with Crippen molar-refractivity contribution in [1.82, 2.24) is 14.9 Å². The Morgan fingerprint density at radius 2 is 2.24 bits per heavy atom. The minimum Gasteiger partial charge on any atom is -0.352 e. The second-order valence-electron chi connectivity index (χ2n) is 6.93. The Kier molecular flexibility index (Phi) is 4.62. The van der Waals surface area contributed by atoms with Crippen LogP contribution in [0.1, 0.15) is 50.0 Å². The second kappa shape index (κ2) is 6.76. The van der Waals surface area contributed by atoms with E-state index >= 15 is 0 Å². The molecule has 1 atom stereocenters. The van der Waals surface area contributed by atoms with Crippen molar-refractivity contribution >= 4 is 39.2 Å². The fourth-order valence-electron chi connectivity index (χ4n) is 3.33. The van der Waals surface area contributed by atoms with Crippen LogP contribution < -0.4 is 10.9 Å². The van der Waals surface area contributed by atoms with E-state index < -0.39 is 0 Å². The maximum Gasteiger partial charge on any atom is 0.263 e. The van der Waals surface area contributed by atoms with Crippen LogP contribution >= 0.6 is 23.1 Å². The number of thiophene rings is 1. The predicted octanol–water partition coefficient (Wildman–Crippen LogP) is 3.12. The first-order valence-electron chi connectivity index (χ1n) is 9.10. The molecule has 0 radical (unpaired) electrons. The molecule has 0 aliphatic heterocycles. The Morgan fingerprint density at radius 1 is 1.44 bits per heavy atom. The minimum absolute atomic E-state index is 0.0403. The number of carbonyl (C=O) groups excluding carboxylic acids is 1. The molecule has 2 aliphatic carbocycles. The number of aromatic nitrogens is 2. The summed E-state index contributed by atoms with van der Waals surface area (Å²) in [6.07, 6.45) is 6.22. The van der Waals surface area contributed by atoms with Crippen LogP contribution in [0.2, 0.25) is 0 Å². The van der Waals surface area contributed by atoms with Gasteiger partial charge in [0.1, 0.15) is 4.83 Å². The number of rotatable bonds is 6. The van der Waals surface area contributed by atoms with E-state index in [-0.39, 0.29) is 16.7 Å². The van der Waals surface area contributed by atoms with Gasteiger partial charge in [0.15, 0.2) is 5.16 Å². The molecular formula is C18H23N3O2S2. The number of aryl methyl sites for hydroxylation is 2. The average molecular weight is 378 g/mol. The van der Waals surface area contributed by atoms with Gasteiger partial charge < -0.3 is 5.32 Å². The lowest BCUT2D eigenvalue weighted by atomic mass is 10.2. The highest BCUT2D eigenvalue weighted by Gasteiger charge is 2.28. The van der Waals surface area contributed by atoms with Gasteiger partial charge >= 0.3 is 0 Å². The minimum atomic E-state index is -0.250. The molecule has 1 amide bonds. The van der Waals surface area contributed by atoms with Crippen LogP contribution in [0.25, 0.3) is 10.2 Å². The summed E-state index contributed by atoms with van der Waals surface area (Å²) in [5.41, 5.74) is 1.29. The number of thioether (sulfide) groups is 1. The molecule has 0 saturated heterocycles. The van der Waals surface area contributed by atoms with E-state index in [0.29, 0.717) is 17.7 Å². The molecule has 0 unspecified atom stereocenters. The van der Waals surface area contributed by atoms with Crippen molar-refractivity contribution in [1.29, 1.82) is 0 Å². The Bertz CT molecular complexity index is 883. The fraction of sp³-hybridized carbons (Fsp3) is 0.611. The third kappa shape index (κ3) is 3.24. The Hall–Kier alpha value is -1.34. The summed E-state index contributed by atoms with van der Waals surface area (Å²) in [7, 11) is 0. The van der Waals surface area contributed by atoms with Crippen LogP contribution in [0, 0.1) is 0 Å². The van der Waals surface area contributed by atoms with E-state index in [9.17, 15) is 9.59 Å². The Balaban J connectivity index is 1.70. The highest BCUT2D eigenvalue weighted by atomic mass is 32.2. The largest absolute Gasteiger partial charge is 0.352 e. The molecule has 0 bridgehead atoms.